The molecular formula is C17H27NO2. The van der Waals surface area contributed by atoms with Crippen molar-refractivity contribution in [2.24, 2.45) is 0 Å². The third kappa shape index (κ3) is 3.45. The number of fused-ring (bicyclic) bond motifs is 1. The third-order valence-corrected chi connectivity index (χ3v) is 3.76. The zero-order chi connectivity index (χ0) is 14.4. The Morgan fingerprint density at radius 2 is 1.80 bits per heavy atom. The summed E-state index contributed by atoms with van der Waals surface area (Å²) in [6, 6.07) is 4.84. The molecule has 1 aliphatic carbocycles. The Kier molecular flexibility index (Phi) is 5.72. The van der Waals surface area contributed by atoms with Crippen molar-refractivity contribution >= 4 is 0 Å². The topological polar surface area (TPSA) is 30.5 Å². The highest BCUT2D eigenvalue weighted by Gasteiger charge is 2.22. The van der Waals surface area contributed by atoms with Gasteiger partial charge in [0.1, 0.15) is 0 Å². The second-order valence-electron chi connectivity index (χ2n) is 5.26. The fourth-order valence-electron chi connectivity index (χ4n) is 2.88. The van der Waals surface area contributed by atoms with Crippen molar-refractivity contribution in [2.45, 2.75) is 52.5 Å². The molecule has 0 fully saturated rings. The molecule has 1 unspecified atom stereocenters. The molecule has 1 N–H and O–H groups in total. The quantitative estimate of drug-likeness (QED) is 0.821. The van der Waals surface area contributed by atoms with Crippen LogP contribution in [0.5, 0.6) is 11.5 Å². The summed E-state index contributed by atoms with van der Waals surface area (Å²) >= 11 is 0. The van der Waals surface area contributed by atoms with E-state index in [0.717, 1.165) is 24.5 Å². The molecule has 0 heterocycles. The minimum absolute atomic E-state index is 0.466. The molecule has 3 heteroatoms. The molecular weight excluding hydrogens is 250 g/mol. The van der Waals surface area contributed by atoms with E-state index in [4.69, 9.17) is 9.47 Å². The average molecular weight is 277 g/mol. The van der Waals surface area contributed by atoms with Gasteiger partial charge in [0, 0.05) is 6.04 Å². The van der Waals surface area contributed by atoms with E-state index in [-0.39, 0.29) is 0 Å². The number of nitrogens with one attached hydrogen (secondary N) is 1. The van der Waals surface area contributed by atoms with Crippen LogP contribution in [0, 0.1) is 0 Å². The van der Waals surface area contributed by atoms with Crippen molar-refractivity contribution in [3.8, 4) is 11.5 Å². The summed E-state index contributed by atoms with van der Waals surface area (Å²) in [5.74, 6) is 1.78. The van der Waals surface area contributed by atoms with Crippen molar-refractivity contribution < 1.29 is 9.47 Å². The number of hydrogen-bond donors (Lipinski definition) is 1. The fourth-order valence-corrected chi connectivity index (χ4v) is 2.88. The molecule has 1 aliphatic rings. The molecule has 20 heavy (non-hydrogen) atoms. The molecule has 0 radical (unpaired) electrons. The molecule has 1 aromatic rings. The lowest BCUT2D eigenvalue weighted by Crippen LogP contribution is -2.26. The summed E-state index contributed by atoms with van der Waals surface area (Å²) in [4.78, 5) is 0. The van der Waals surface area contributed by atoms with Gasteiger partial charge in [-0.3, -0.25) is 0 Å². The van der Waals surface area contributed by atoms with Gasteiger partial charge in [0.2, 0.25) is 0 Å². The van der Waals surface area contributed by atoms with Gasteiger partial charge in [-0.1, -0.05) is 6.92 Å². The van der Waals surface area contributed by atoms with E-state index >= 15 is 0 Å². The molecule has 0 saturated carbocycles. The second-order valence-corrected chi connectivity index (χ2v) is 5.26. The van der Waals surface area contributed by atoms with Crippen LogP contribution in [0.25, 0.3) is 0 Å². The van der Waals surface area contributed by atoms with Crippen LogP contribution in [-0.2, 0) is 6.42 Å². The fraction of sp³-hybridized carbons (Fsp3) is 0.647. The molecule has 0 aromatic heterocycles. The van der Waals surface area contributed by atoms with Crippen molar-refractivity contribution in [1.82, 2.24) is 5.32 Å². The average Bonchev–Trinajstić information content (AvgIpc) is 2.46. The first-order valence-corrected chi connectivity index (χ1v) is 7.95. The van der Waals surface area contributed by atoms with Crippen LogP contribution in [0.3, 0.4) is 0 Å². The zero-order valence-electron chi connectivity index (χ0n) is 13.0. The highest BCUT2D eigenvalue weighted by molar-refractivity contribution is 5.49. The number of ether oxygens (including phenoxy) is 2. The summed E-state index contributed by atoms with van der Waals surface area (Å²) in [6.45, 7) is 8.66. The minimum Gasteiger partial charge on any atom is -0.490 e. The number of rotatable bonds is 7. The van der Waals surface area contributed by atoms with Crippen molar-refractivity contribution in [3.05, 3.63) is 23.3 Å². The molecule has 0 bridgehead atoms. The van der Waals surface area contributed by atoms with E-state index in [1.807, 2.05) is 13.8 Å². The largest absolute Gasteiger partial charge is 0.490 e. The van der Waals surface area contributed by atoms with Crippen LogP contribution in [-0.4, -0.2) is 19.8 Å². The van der Waals surface area contributed by atoms with Crippen LogP contribution in [0.2, 0.25) is 0 Å². The van der Waals surface area contributed by atoms with E-state index in [9.17, 15) is 0 Å². The normalized spacial score (nSPS) is 17.6. The van der Waals surface area contributed by atoms with Gasteiger partial charge < -0.3 is 14.8 Å². The molecule has 1 atom stereocenters. The summed E-state index contributed by atoms with van der Waals surface area (Å²) in [5, 5.41) is 3.65. The Morgan fingerprint density at radius 1 is 1.10 bits per heavy atom. The highest BCUT2D eigenvalue weighted by Crippen LogP contribution is 2.38. The lowest BCUT2D eigenvalue weighted by molar-refractivity contribution is 0.286. The standard InChI is InChI=1S/C17H27NO2/c1-4-10-18-15-9-7-8-13-11-16(19-5-2)17(20-6-3)12-14(13)15/h11-12,15,18H,4-10H2,1-3H3. The maximum atomic E-state index is 5.76. The van der Waals surface area contributed by atoms with Gasteiger partial charge in [-0.25, -0.2) is 0 Å². The lowest BCUT2D eigenvalue weighted by Gasteiger charge is -2.28. The molecule has 3 nitrogen and oxygen atoms in total. The Bertz CT molecular complexity index is 431. The van der Waals surface area contributed by atoms with Gasteiger partial charge in [0.05, 0.1) is 13.2 Å². The first kappa shape index (κ1) is 15.2. The summed E-state index contributed by atoms with van der Waals surface area (Å²) < 4.78 is 11.5. The van der Waals surface area contributed by atoms with Crippen LogP contribution in [0.4, 0.5) is 0 Å². The second kappa shape index (κ2) is 7.53. The minimum atomic E-state index is 0.466. The number of aryl methyl sites for hydroxylation is 1. The van der Waals surface area contributed by atoms with Gasteiger partial charge in [0.25, 0.3) is 0 Å². The summed E-state index contributed by atoms with van der Waals surface area (Å²) in [5.41, 5.74) is 2.81. The Balaban J connectivity index is 2.30. The van der Waals surface area contributed by atoms with Gasteiger partial charge in [-0.2, -0.15) is 0 Å². The first-order chi connectivity index (χ1) is 9.80. The lowest BCUT2D eigenvalue weighted by atomic mass is 9.87. The molecule has 0 spiro atoms. The SMILES string of the molecule is CCCNC1CCCc2cc(OCC)c(OCC)cc21. The predicted molar refractivity (Wildman–Crippen MR) is 82.8 cm³/mol. The van der Waals surface area contributed by atoms with Crippen LogP contribution in [0.15, 0.2) is 12.1 Å². The van der Waals surface area contributed by atoms with Crippen LogP contribution in [0.1, 0.15) is 57.2 Å². The van der Waals surface area contributed by atoms with Crippen molar-refractivity contribution in [1.29, 1.82) is 0 Å². The Labute approximate surface area is 122 Å². The predicted octanol–water partition coefficient (Wildman–Crippen LogP) is 3.86. The van der Waals surface area contributed by atoms with E-state index in [1.54, 1.807) is 0 Å². The molecule has 112 valence electrons. The first-order valence-electron chi connectivity index (χ1n) is 7.95. The molecule has 0 amide bonds. The van der Waals surface area contributed by atoms with Gasteiger partial charge in [0.15, 0.2) is 11.5 Å². The monoisotopic (exact) mass is 277 g/mol. The number of hydrogen-bond acceptors (Lipinski definition) is 3. The van der Waals surface area contributed by atoms with Crippen molar-refractivity contribution in [3.63, 3.8) is 0 Å². The molecule has 0 saturated heterocycles. The molecule has 2 rings (SSSR count). The summed E-state index contributed by atoms with van der Waals surface area (Å²) in [7, 11) is 0. The summed E-state index contributed by atoms with van der Waals surface area (Å²) in [6.07, 6.45) is 4.77. The maximum absolute atomic E-state index is 5.76. The van der Waals surface area contributed by atoms with Gasteiger partial charge in [-0.05, 0) is 69.3 Å². The van der Waals surface area contributed by atoms with Gasteiger partial charge in [-0.15, -0.1) is 0 Å². The van der Waals surface area contributed by atoms with Gasteiger partial charge >= 0.3 is 0 Å². The Morgan fingerprint density at radius 3 is 2.45 bits per heavy atom. The highest BCUT2D eigenvalue weighted by atomic mass is 16.5. The van der Waals surface area contributed by atoms with E-state index < -0.39 is 0 Å². The smallest absolute Gasteiger partial charge is 0.161 e. The van der Waals surface area contributed by atoms with Crippen LogP contribution < -0.4 is 14.8 Å². The zero-order valence-corrected chi connectivity index (χ0v) is 13.0. The van der Waals surface area contributed by atoms with E-state index in [2.05, 4.69) is 24.4 Å². The van der Waals surface area contributed by atoms with Crippen LogP contribution >= 0.6 is 0 Å². The molecule has 0 aliphatic heterocycles. The third-order valence-electron chi connectivity index (χ3n) is 3.76. The van der Waals surface area contributed by atoms with E-state index in [0.29, 0.717) is 19.3 Å². The Hall–Kier alpha value is -1.22. The molecule has 1 aromatic carbocycles. The van der Waals surface area contributed by atoms with Crippen molar-refractivity contribution in [2.75, 3.05) is 19.8 Å². The number of benzene rings is 1. The van der Waals surface area contributed by atoms with E-state index in [1.165, 1.54) is 30.4 Å². The maximum Gasteiger partial charge on any atom is 0.161 e.